The predicted octanol–water partition coefficient (Wildman–Crippen LogP) is 10.1. The SMILES string of the molecule is CCCCCCCCCCCCCC(CC)S(=O)(=O)NN(C(=O)c1ccccc1)c1cc(Cl)c2nc(CCC)c(CC)cc2c1O. The molecule has 0 aliphatic rings. The van der Waals surface area contributed by atoms with Crippen LogP contribution in [-0.2, 0) is 22.9 Å². The van der Waals surface area contributed by atoms with E-state index in [1.54, 1.807) is 30.3 Å². The van der Waals surface area contributed by atoms with Gasteiger partial charge in [0, 0.05) is 16.6 Å². The number of hydrogen-bond acceptors (Lipinski definition) is 5. The molecule has 254 valence electrons. The molecule has 0 bridgehead atoms. The second kappa shape index (κ2) is 19.2. The van der Waals surface area contributed by atoms with Crippen molar-refractivity contribution < 1.29 is 18.3 Å². The van der Waals surface area contributed by atoms with E-state index in [1.807, 2.05) is 19.9 Å². The molecule has 2 aromatic carbocycles. The molecule has 46 heavy (non-hydrogen) atoms. The van der Waals surface area contributed by atoms with Crippen molar-refractivity contribution in [3.8, 4) is 5.75 Å². The van der Waals surface area contributed by atoms with Crippen molar-refractivity contribution >= 4 is 44.1 Å². The zero-order chi connectivity index (χ0) is 33.5. The Morgan fingerprint density at radius 2 is 1.50 bits per heavy atom. The molecular formula is C37H54ClN3O4S. The minimum absolute atomic E-state index is 0.0356. The first-order chi connectivity index (χ1) is 22.2. The van der Waals surface area contributed by atoms with E-state index in [2.05, 4.69) is 18.7 Å². The van der Waals surface area contributed by atoms with Crippen LogP contribution in [0.5, 0.6) is 5.75 Å². The third kappa shape index (κ3) is 10.4. The van der Waals surface area contributed by atoms with Crippen LogP contribution in [0.25, 0.3) is 10.9 Å². The Morgan fingerprint density at radius 1 is 0.891 bits per heavy atom. The number of nitrogens with zero attached hydrogens (tertiary/aromatic N) is 2. The quantitative estimate of drug-likeness (QED) is 0.0867. The van der Waals surface area contributed by atoms with Crippen LogP contribution in [-0.4, -0.2) is 29.7 Å². The number of carbonyl (C=O) groups excluding carboxylic acids is 1. The van der Waals surface area contributed by atoms with Gasteiger partial charge in [0.15, 0.2) is 0 Å². The number of amides is 1. The molecule has 0 fully saturated rings. The number of benzene rings is 2. The van der Waals surface area contributed by atoms with E-state index >= 15 is 0 Å². The number of hydrogen-bond donors (Lipinski definition) is 2. The molecule has 0 aliphatic heterocycles. The number of phenolic OH excluding ortho intramolecular Hbond substituents is 1. The van der Waals surface area contributed by atoms with Gasteiger partial charge in [-0.3, -0.25) is 9.78 Å². The second-order valence-corrected chi connectivity index (χ2v) is 14.7. The van der Waals surface area contributed by atoms with Crippen molar-refractivity contribution in [2.24, 2.45) is 0 Å². The largest absolute Gasteiger partial charge is 0.505 e. The van der Waals surface area contributed by atoms with Crippen LogP contribution in [0, 0.1) is 0 Å². The lowest BCUT2D eigenvalue weighted by Crippen LogP contribution is -2.49. The number of phenols is 1. The average Bonchev–Trinajstić information content (AvgIpc) is 3.06. The number of unbranched alkanes of at least 4 members (excludes halogenated alkanes) is 10. The van der Waals surface area contributed by atoms with Gasteiger partial charge < -0.3 is 5.11 Å². The number of halogens is 1. The van der Waals surface area contributed by atoms with Gasteiger partial charge in [0.2, 0.25) is 10.0 Å². The molecule has 3 aromatic rings. The fourth-order valence-electron chi connectivity index (χ4n) is 6.01. The van der Waals surface area contributed by atoms with Gasteiger partial charge in [0.1, 0.15) is 11.4 Å². The van der Waals surface area contributed by atoms with E-state index in [4.69, 9.17) is 16.6 Å². The van der Waals surface area contributed by atoms with Gasteiger partial charge >= 0.3 is 0 Å². The molecule has 1 atom stereocenters. The van der Waals surface area contributed by atoms with Gasteiger partial charge in [-0.15, -0.1) is 4.83 Å². The summed E-state index contributed by atoms with van der Waals surface area (Å²) in [6.07, 6.45) is 16.3. The molecule has 2 N–H and O–H groups in total. The number of fused-ring (bicyclic) bond motifs is 1. The maximum Gasteiger partial charge on any atom is 0.273 e. The Balaban J connectivity index is 1.82. The van der Waals surface area contributed by atoms with Gasteiger partial charge in [-0.2, -0.15) is 0 Å². The highest BCUT2D eigenvalue weighted by molar-refractivity contribution is 7.90. The number of pyridine rings is 1. The Hall–Kier alpha value is -2.68. The fourth-order valence-corrected chi connectivity index (χ4v) is 7.75. The third-order valence-corrected chi connectivity index (χ3v) is 10.9. The summed E-state index contributed by atoms with van der Waals surface area (Å²) >= 11 is 6.73. The number of rotatable bonds is 21. The van der Waals surface area contributed by atoms with E-state index in [9.17, 15) is 18.3 Å². The highest BCUT2D eigenvalue weighted by atomic mass is 35.5. The molecule has 1 aromatic heterocycles. The first kappa shape index (κ1) is 37.8. The van der Waals surface area contributed by atoms with E-state index < -0.39 is 21.2 Å². The highest BCUT2D eigenvalue weighted by Gasteiger charge is 2.32. The minimum Gasteiger partial charge on any atom is -0.505 e. The lowest BCUT2D eigenvalue weighted by atomic mass is 10.0. The Kier molecular flexibility index (Phi) is 15.8. The van der Waals surface area contributed by atoms with Crippen LogP contribution in [0.2, 0.25) is 5.02 Å². The van der Waals surface area contributed by atoms with Crippen molar-refractivity contribution in [3.63, 3.8) is 0 Å². The highest BCUT2D eigenvalue weighted by Crippen LogP contribution is 2.40. The number of nitrogens with one attached hydrogen (secondary N) is 1. The summed E-state index contributed by atoms with van der Waals surface area (Å²) in [6, 6.07) is 11.7. The number of aromatic nitrogens is 1. The number of aryl methyl sites for hydroxylation is 2. The first-order valence-electron chi connectivity index (χ1n) is 17.4. The molecule has 1 amide bonds. The van der Waals surface area contributed by atoms with Crippen LogP contribution in [0.3, 0.4) is 0 Å². The Bertz CT molecular complexity index is 1500. The zero-order valence-electron chi connectivity index (χ0n) is 28.3. The molecule has 0 saturated heterocycles. The van der Waals surface area contributed by atoms with Gasteiger partial charge in [0.05, 0.1) is 15.8 Å². The summed E-state index contributed by atoms with van der Waals surface area (Å²) in [5.74, 6) is -0.874. The van der Waals surface area contributed by atoms with E-state index in [0.29, 0.717) is 30.2 Å². The van der Waals surface area contributed by atoms with E-state index in [-0.39, 0.29) is 22.0 Å². The molecule has 9 heteroatoms. The van der Waals surface area contributed by atoms with E-state index in [1.165, 1.54) is 57.4 Å². The van der Waals surface area contributed by atoms with Gasteiger partial charge in [-0.05, 0) is 55.5 Å². The minimum atomic E-state index is -4.01. The lowest BCUT2D eigenvalue weighted by Gasteiger charge is -2.27. The van der Waals surface area contributed by atoms with Crippen LogP contribution >= 0.6 is 11.6 Å². The van der Waals surface area contributed by atoms with Crippen molar-refractivity contribution in [1.29, 1.82) is 0 Å². The summed E-state index contributed by atoms with van der Waals surface area (Å²) in [4.78, 5) is 21.2. The number of anilines is 1. The second-order valence-electron chi connectivity index (χ2n) is 12.3. The van der Waals surface area contributed by atoms with Crippen LogP contribution in [0.1, 0.15) is 139 Å². The standard InChI is InChI=1S/C37H54ClN3O4S/c1-5-9-10-11-12-13-14-15-16-17-21-25-30(8-4)46(44,45)40-41(37(43)29-23-19-18-20-24-29)34-27-32(38)35-31(36(34)42)26-28(7-3)33(39-35)22-6-2/h18-20,23-24,26-27,30,40,42H,5-17,21-22,25H2,1-4H3. The zero-order valence-corrected chi connectivity index (χ0v) is 29.9. The maximum absolute atomic E-state index is 13.9. The number of sulfonamides is 1. The van der Waals surface area contributed by atoms with E-state index in [0.717, 1.165) is 48.4 Å². The normalized spacial score (nSPS) is 12.5. The van der Waals surface area contributed by atoms with Gasteiger partial charge in [0.25, 0.3) is 5.91 Å². The number of carbonyl (C=O) groups is 1. The molecule has 1 heterocycles. The third-order valence-electron chi connectivity index (χ3n) is 8.75. The van der Waals surface area contributed by atoms with Gasteiger partial charge in [-0.1, -0.05) is 135 Å². The molecule has 0 radical (unpaired) electrons. The molecule has 0 aliphatic carbocycles. The number of hydrazine groups is 1. The summed E-state index contributed by atoms with van der Waals surface area (Å²) in [5, 5.41) is 12.4. The molecule has 3 rings (SSSR count). The van der Waals surface area contributed by atoms with Crippen LogP contribution in [0.15, 0.2) is 42.5 Å². The predicted molar refractivity (Wildman–Crippen MR) is 192 cm³/mol. The smallest absolute Gasteiger partial charge is 0.273 e. The summed E-state index contributed by atoms with van der Waals surface area (Å²) < 4.78 is 27.7. The van der Waals surface area contributed by atoms with Crippen LogP contribution < -0.4 is 9.84 Å². The lowest BCUT2D eigenvalue weighted by molar-refractivity contribution is 0.0980. The molecule has 0 spiro atoms. The maximum atomic E-state index is 13.9. The average molecular weight is 672 g/mol. The monoisotopic (exact) mass is 671 g/mol. The first-order valence-corrected chi connectivity index (χ1v) is 19.3. The Labute approximate surface area is 282 Å². The van der Waals surface area contributed by atoms with Crippen molar-refractivity contribution in [1.82, 2.24) is 9.82 Å². The Morgan fingerprint density at radius 3 is 2.07 bits per heavy atom. The summed E-state index contributed by atoms with van der Waals surface area (Å²) in [6.45, 7) is 8.18. The number of aromatic hydroxyl groups is 1. The summed E-state index contributed by atoms with van der Waals surface area (Å²) in [5.41, 5.74) is 2.54. The molecule has 7 nitrogen and oxygen atoms in total. The molecular weight excluding hydrogens is 618 g/mol. The van der Waals surface area contributed by atoms with Crippen molar-refractivity contribution in [2.75, 3.05) is 5.01 Å². The van der Waals surface area contributed by atoms with Gasteiger partial charge in [-0.25, -0.2) is 13.4 Å². The topological polar surface area (TPSA) is 99.6 Å². The van der Waals surface area contributed by atoms with Crippen molar-refractivity contribution in [3.05, 3.63) is 64.3 Å². The fraction of sp³-hybridized carbons (Fsp3) is 0.568. The van der Waals surface area contributed by atoms with Crippen LogP contribution in [0.4, 0.5) is 5.69 Å². The van der Waals surface area contributed by atoms with Crippen molar-refractivity contribution in [2.45, 2.75) is 136 Å². The molecule has 0 saturated carbocycles. The summed E-state index contributed by atoms with van der Waals surface area (Å²) in [7, 11) is -4.01. The molecule has 1 unspecified atom stereocenters.